The maximum Gasteiger partial charge on any atom is 0.244 e. The SMILES string of the molecule is COc1ccc(C(Nc2ccc(Cl)c(Br)c2)C(N)=O)cc1. The number of carbonyl (C=O) groups excluding carboxylic acids is 1. The van der Waals surface area contributed by atoms with Crippen LogP contribution in [-0.4, -0.2) is 13.0 Å². The highest BCUT2D eigenvalue weighted by Crippen LogP contribution is 2.28. The number of halogens is 2. The molecule has 0 spiro atoms. The van der Waals surface area contributed by atoms with Gasteiger partial charge in [0.05, 0.1) is 12.1 Å². The summed E-state index contributed by atoms with van der Waals surface area (Å²) in [6.45, 7) is 0. The van der Waals surface area contributed by atoms with E-state index in [2.05, 4.69) is 21.2 Å². The van der Waals surface area contributed by atoms with Crippen LogP contribution in [-0.2, 0) is 4.79 Å². The number of nitrogens with two attached hydrogens (primary N) is 1. The fraction of sp³-hybridized carbons (Fsp3) is 0.133. The summed E-state index contributed by atoms with van der Waals surface area (Å²) in [5.74, 6) is 0.252. The quantitative estimate of drug-likeness (QED) is 0.843. The van der Waals surface area contributed by atoms with Crippen molar-refractivity contribution in [2.24, 2.45) is 5.73 Å². The average molecular weight is 370 g/mol. The predicted octanol–water partition coefficient (Wildman–Crippen LogP) is 3.75. The molecular weight excluding hydrogens is 356 g/mol. The zero-order chi connectivity index (χ0) is 15.4. The lowest BCUT2D eigenvalue weighted by molar-refractivity contribution is -0.118. The molecule has 0 fully saturated rings. The predicted molar refractivity (Wildman–Crippen MR) is 87.7 cm³/mol. The maximum absolute atomic E-state index is 11.7. The molecule has 1 amide bonds. The van der Waals surface area contributed by atoms with Crippen molar-refractivity contribution >= 4 is 39.1 Å². The molecule has 110 valence electrons. The van der Waals surface area contributed by atoms with Crippen molar-refractivity contribution in [2.45, 2.75) is 6.04 Å². The fourth-order valence-corrected chi connectivity index (χ4v) is 2.36. The van der Waals surface area contributed by atoms with E-state index in [1.807, 2.05) is 0 Å². The van der Waals surface area contributed by atoms with Crippen LogP contribution in [0, 0.1) is 0 Å². The Morgan fingerprint density at radius 2 is 1.95 bits per heavy atom. The molecular formula is C15H14BrClN2O2. The van der Waals surface area contributed by atoms with E-state index in [1.165, 1.54) is 0 Å². The summed E-state index contributed by atoms with van der Waals surface area (Å²) in [5, 5.41) is 3.69. The molecule has 0 aliphatic rings. The molecule has 0 aliphatic heterocycles. The van der Waals surface area contributed by atoms with Crippen LogP contribution in [0.3, 0.4) is 0 Å². The normalized spacial score (nSPS) is 11.8. The highest BCUT2D eigenvalue weighted by atomic mass is 79.9. The van der Waals surface area contributed by atoms with Gasteiger partial charge in [0.1, 0.15) is 11.8 Å². The number of amides is 1. The van der Waals surface area contributed by atoms with Gasteiger partial charge < -0.3 is 15.8 Å². The van der Waals surface area contributed by atoms with Gasteiger partial charge in [0, 0.05) is 10.2 Å². The van der Waals surface area contributed by atoms with Crippen LogP contribution in [0.5, 0.6) is 5.75 Å². The highest BCUT2D eigenvalue weighted by molar-refractivity contribution is 9.10. The Labute approximate surface area is 136 Å². The molecule has 0 saturated heterocycles. The van der Waals surface area contributed by atoms with Gasteiger partial charge in [0.15, 0.2) is 0 Å². The summed E-state index contributed by atoms with van der Waals surface area (Å²) in [6, 6.07) is 11.8. The van der Waals surface area contributed by atoms with E-state index in [4.69, 9.17) is 22.1 Å². The lowest BCUT2D eigenvalue weighted by Crippen LogP contribution is -2.27. The number of rotatable bonds is 5. The van der Waals surface area contributed by atoms with Gasteiger partial charge in [-0.15, -0.1) is 0 Å². The summed E-state index contributed by atoms with van der Waals surface area (Å²) in [7, 11) is 1.59. The van der Waals surface area contributed by atoms with Crippen LogP contribution in [0.4, 0.5) is 5.69 Å². The number of benzene rings is 2. The van der Waals surface area contributed by atoms with Gasteiger partial charge in [-0.3, -0.25) is 4.79 Å². The Morgan fingerprint density at radius 1 is 1.29 bits per heavy atom. The monoisotopic (exact) mass is 368 g/mol. The first-order valence-corrected chi connectivity index (χ1v) is 7.33. The standard InChI is InChI=1S/C15H14BrClN2O2/c1-21-11-5-2-9(3-6-11)14(15(18)20)19-10-4-7-13(17)12(16)8-10/h2-8,14,19H,1H3,(H2,18,20). The van der Waals surface area contributed by atoms with E-state index in [1.54, 1.807) is 49.6 Å². The van der Waals surface area contributed by atoms with Gasteiger partial charge in [0.25, 0.3) is 0 Å². The molecule has 2 rings (SSSR count). The van der Waals surface area contributed by atoms with E-state index < -0.39 is 11.9 Å². The second kappa shape index (κ2) is 6.83. The molecule has 21 heavy (non-hydrogen) atoms. The third kappa shape index (κ3) is 3.89. The number of ether oxygens (including phenoxy) is 1. The Kier molecular flexibility index (Phi) is 5.09. The van der Waals surface area contributed by atoms with Crippen LogP contribution in [0.1, 0.15) is 11.6 Å². The lowest BCUT2D eigenvalue weighted by Gasteiger charge is -2.18. The second-order valence-electron chi connectivity index (χ2n) is 4.38. The number of primary amides is 1. The first-order chi connectivity index (χ1) is 10.0. The summed E-state index contributed by atoms with van der Waals surface area (Å²) >= 11 is 9.29. The Balaban J connectivity index is 2.26. The summed E-state index contributed by atoms with van der Waals surface area (Å²) in [6.07, 6.45) is 0. The van der Waals surface area contributed by atoms with Crippen molar-refractivity contribution in [3.63, 3.8) is 0 Å². The van der Waals surface area contributed by atoms with Crippen LogP contribution in [0.25, 0.3) is 0 Å². The maximum atomic E-state index is 11.7. The van der Waals surface area contributed by atoms with Gasteiger partial charge in [-0.2, -0.15) is 0 Å². The number of carbonyl (C=O) groups is 1. The van der Waals surface area contributed by atoms with Crippen LogP contribution < -0.4 is 15.8 Å². The molecule has 0 radical (unpaired) electrons. The average Bonchev–Trinajstić information content (AvgIpc) is 2.48. The number of nitrogens with one attached hydrogen (secondary N) is 1. The van der Waals surface area contributed by atoms with Crippen molar-refractivity contribution in [2.75, 3.05) is 12.4 Å². The van der Waals surface area contributed by atoms with E-state index in [0.29, 0.717) is 5.02 Å². The third-order valence-electron chi connectivity index (χ3n) is 2.96. The van der Waals surface area contributed by atoms with Crippen LogP contribution >= 0.6 is 27.5 Å². The van der Waals surface area contributed by atoms with Gasteiger partial charge in [-0.1, -0.05) is 23.7 Å². The largest absolute Gasteiger partial charge is 0.497 e. The molecule has 2 aromatic carbocycles. The van der Waals surface area contributed by atoms with Crippen LogP contribution in [0.2, 0.25) is 5.02 Å². The van der Waals surface area contributed by atoms with Gasteiger partial charge in [0.2, 0.25) is 5.91 Å². The Bertz CT molecular complexity index is 647. The van der Waals surface area contributed by atoms with Gasteiger partial charge in [-0.05, 0) is 51.8 Å². The molecule has 0 saturated carbocycles. The minimum atomic E-state index is -0.635. The zero-order valence-corrected chi connectivity index (χ0v) is 13.6. The molecule has 0 heterocycles. The van der Waals surface area contributed by atoms with Crippen molar-refractivity contribution in [3.8, 4) is 5.75 Å². The first-order valence-electron chi connectivity index (χ1n) is 6.16. The van der Waals surface area contributed by atoms with Crippen molar-refractivity contribution in [1.82, 2.24) is 0 Å². The van der Waals surface area contributed by atoms with E-state index in [0.717, 1.165) is 21.5 Å². The molecule has 6 heteroatoms. The minimum absolute atomic E-state index is 0.466. The van der Waals surface area contributed by atoms with Gasteiger partial charge >= 0.3 is 0 Å². The van der Waals surface area contributed by atoms with Gasteiger partial charge in [-0.25, -0.2) is 0 Å². The van der Waals surface area contributed by atoms with Crippen molar-refractivity contribution < 1.29 is 9.53 Å². The Hall–Kier alpha value is -1.72. The topological polar surface area (TPSA) is 64.3 Å². The van der Waals surface area contributed by atoms with E-state index >= 15 is 0 Å². The molecule has 3 N–H and O–H groups in total. The summed E-state index contributed by atoms with van der Waals surface area (Å²) < 4.78 is 5.84. The molecule has 2 aromatic rings. The fourth-order valence-electron chi connectivity index (χ4n) is 1.87. The van der Waals surface area contributed by atoms with E-state index in [9.17, 15) is 4.79 Å². The second-order valence-corrected chi connectivity index (χ2v) is 5.64. The Morgan fingerprint density at radius 3 is 2.48 bits per heavy atom. The van der Waals surface area contributed by atoms with Crippen molar-refractivity contribution in [3.05, 3.63) is 57.5 Å². The number of hydrogen-bond acceptors (Lipinski definition) is 3. The number of anilines is 1. The summed E-state index contributed by atoms with van der Waals surface area (Å²) in [5.41, 5.74) is 6.98. The molecule has 1 atom stereocenters. The smallest absolute Gasteiger partial charge is 0.244 e. The minimum Gasteiger partial charge on any atom is -0.497 e. The molecule has 0 aliphatic carbocycles. The molecule has 4 nitrogen and oxygen atoms in total. The molecule has 0 aromatic heterocycles. The van der Waals surface area contributed by atoms with Crippen molar-refractivity contribution in [1.29, 1.82) is 0 Å². The first kappa shape index (κ1) is 15.7. The zero-order valence-electron chi connectivity index (χ0n) is 11.3. The number of methoxy groups -OCH3 is 1. The summed E-state index contributed by atoms with van der Waals surface area (Å²) in [4.78, 5) is 11.7. The van der Waals surface area contributed by atoms with Crippen LogP contribution in [0.15, 0.2) is 46.9 Å². The number of hydrogen-bond donors (Lipinski definition) is 2. The van der Waals surface area contributed by atoms with E-state index in [-0.39, 0.29) is 0 Å². The molecule has 1 unspecified atom stereocenters. The lowest BCUT2D eigenvalue weighted by atomic mass is 10.1. The molecule has 0 bridgehead atoms. The highest BCUT2D eigenvalue weighted by Gasteiger charge is 2.18. The third-order valence-corrected chi connectivity index (χ3v) is 4.18.